The number of pyridine rings is 1. The summed E-state index contributed by atoms with van der Waals surface area (Å²) in [5, 5.41) is 5.64. The van der Waals surface area contributed by atoms with Gasteiger partial charge in [-0.15, -0.1) is 11.3 Å². The molecule has 0 saturated carbocycles. The molecule has 0 radical (unpaired) electrons. The van der Waals surface area contributed by atoms with Crippen molar-refractivity contribution in [1.29, 1.82) is 0 Å². The van der Waals surface area contributed by atoms with Gasteiger partial charge in [0.1, 0.15) is 5.82 Å². The van der Waals surface area contributed by atoms with Crippen molar-refractivity contribution in [2.75, 3.05) is 12.4 Å². The number of halogens is 1. The Bertz CT molecular complexity index is 673. The molecule has 0 aliphatic heterocycles. The first-order valence-corrected chi connectivity index (χ1v) is 6.31. The Morgan fingerprint density at radius 2 is 2.18 bits per heavy atom. The molecule has 3 aromatic heterocycles. The Kier molecular flexibility index (Phi) is 2.49. The summed E-state index contributed by atoms with van der Waals surface area (Å²) in [6.07, 6.45) is 0. The fraction of sp³-hybridized carbons (Fsp3) is 0.0909. The van der Waals surface area contributed by atoms with Crippen LogP contribution in [0.5, 0.6) is 0 Å². The Hall–Kier alpha value is -1.59. The molecule has 2 N–H and O–H groups in total. The molecule has 3 rings (SSSR count). The first kappa shape index (κ1) is 10.6. The van der Waals surface area contributed by atoms with Crippen LogP contribution in [0, 0.1) is 0 Å². The van der Waals surface area contributed by atoms with E-state index in [0.717, 1.165) is 22.0 Å². The van der Waals surface area contributed by atoms with E-state index in [1.54, 1.807) is 11.3 Å². The highest BCUT2D eigenvalue weighted by atomic mass is 35.5. The number of thiophene rings is 1. The summed E-state index contributed by atoms with van der Waals surface area (Å²) >= 11 is 7.64. The predicted molar refractivity (Wildman–Crippen MR) is 71.8 cm³/mol. The molecule has 0 fully saturated rings. The van der Waals surface area contributed by atoms with Crippen LogP contribution < -0.4 is 5.32 Å². The molecule has 6 heteroatoms. The molecule has 0 amide bonds. The number of hydrogen-bond donors (Lipinski definition) is 2. The van der Waals surface area contributed by atoms with Crippen molar-refractivity contribution < 1.29 is 0 Å². The second-order valence-electron chi connectivity index (χ2n) is 3.50. The molecule has 0 spiro atoms. The molecule has 0 saturated heterocycles. The van der Waals surface area contributed by atoms with Gasteiger partial charge >= 0.3 is 0 Å². The Balaban J connectivity index is 2.17. The van der Waals surface area contributed by atoms with Crippen molar-refractivity contribution in [3.63, 3.8) is 0 Å². The zero-order chi connectivity index (χ0) is 11.8. The first-order chi connectivity index (χ1) is 8.28. The van der Waals surface area contributed by atoms with E-state index in [9.17, 15) is 0 Å². The monoisotopic (exact) mass is 264 g/mol. The summed E-state index contributed by atoms with van der Waals surface area (Å²) in [6, 6.07) is 5.72. The lowest BCUT2D eigenvalue weighted by atomic mass is 10.4. The van der Waals surface area contributed by atoms with E-state index in [2.05, 4.69) is 20.3 Å². The molecule has 0 aromatic carbocycles. The predicted octanol–water partition coefficient (Wildman–Crippen LogP) is 3.38. The summed E-state index contributed by atoms with van der Waals surface area (Å²) in [5.41, 5.74) is 1.60. The lowest BCUT2D eigenvalue weighted by Crippen LogP contribution is -1.91. The quantitative estimate of drug-likeness (QED) is 0.746. The smallest absolute Gasteiger partial charge is 0.180 e. The van der Waals surface area contributed by atoms with Crippen molar-refractivity contribution in [2.24, 2.45) is 0 Å². The molecule has 0 aliphatic rings. The topological polar surface area (TPSA) is 53.6 Å². The minimum Gasteiger partial charge on any atom is -0.373 e. The average Bonchev–Trinajstić information content (AvgIpc) is 2.93. The molecule has 86 valence electrons. The number of imidazole rings is 1. The second kappa shape index (κ2) is 4.01. The maximum Gasteiger partial charge on any atom is 0.180 e. The zero-order valence-corrected chi connectivity index (χ0v) is 10.6. The first-order valence-electron chi connectivity index (χ1n) is 5.06. The molecule has 0 unspecified atom stereocenters. The SMILES string of the molecule is CNc1ccc2[nH]c(-c3sccc3Cl)nc2n1. The van der Waals surface area contributed by atoms with Crippen LogP contribution in [0.1, 0.15) is 0 Å². The summed E-state index contributed by atoms with van der Waals surface area (Å²) < 4.78 is 0. The van der Waals surface area contributed by atoms with Crippen LogP contribution in [-0.2, 0) is 0 Å². The van der Waals surface area contributed by atoms with Crippen LogP contribution in [-0.4, -0.2) is 22.0 Å². The van der Waals surface area contributed by atoms with Gasteiger partial charge in [0.05, 0.1) is 15.4 Å². The van der Waals surface area contributed by atoms with Crippen LogP contribution in [0.4, 0.5) is 5.82 Å². The summed E-state index contributed by atoms with van der Waals surface area (Å²) in [4.78, 5) is 13.0. The fourth-order valence-corrected chi connectivity index (χ4v) is 2.69. The molecular weight excluding hydrogens is 256 g/mol. The summed E-state index contributed by atoms with van der Waals surface area (Å²) in [6.45, 7) is 0. The fourth-order valence-electron chi connectivity index (χ4n) is 1.60. The Morgan fingerprint density at radius 3 is 2.88 bits per heavy atom. The molecule has 0 atom stereocenters. The van der Waals surface area contributed by atoms with Gasteiger partial charge in [-0.1, -0.05) is 11.6 Å². The maximum atomic E-state index is 6.08. The van der Waals surface area contributed by atoms with Crippen molar-refractivity contribution in [3.05, 3.63) is 28.6 Å². The third kappa shape index (κ3) is 1.77. The number of H-pyrrole nitrogens is 1. The molecule has 0 bridgehead atoms. The lowest BCUT2D eigenvalue weighted by Gasteiger charge is -1.95. The number of nitrogens with one attached hydrogen (secondary N) is 2. The van der Waals surface area contributed by atoms with E-state index < -0.39 is 0 Å². The van der Waals surface area contributed by atoms with Gasteiger partial charge in [0, 0.05) is 7.05 Å². The van der Waals surface area contributed by atoms with Gasteiger partial charge in [0.2, 0.25) is 0 Å². The largest absolute Gasteiger partial charge is 0.373 e. The van der Waals surface area contributed by atoms with Gasteiger partial charge in [0.15, 0.2) is 11.5 Å². The van der Waals surface area contributed by atoms with Crippen LogP contribution in [0.15, 0.2) is 23.6 Å². The van der Waals surface area contributed by atoms with Gasteiger partial charge < -0.3 is 10.3 Å². The minimum atomic E-state index is 0.691. The Morgan fingerprint density at radius 1 is 1.29 bits per heavy atom. The lowest BCUT2D eigenvalue weighted by molar-refractivity contribution is 1.29. The van der Waals surface area contributed by atoms with Crippen molar-refractivity contribution in [1.82, 2.24) is 15.0 Å². The highest BCUT2D eigenvalue weighted by Crippen LogP contribution is 2.32. The highest BCUT2D eigenvalue weighted by molar-refractivity contribution is 7.14. The van der Waals surface area contributed by atoms with E-state index in [-0.39, 0.29) is 0 Å². The number of hydrogen-bond acceptors (Lipinski definition) is 4. The zero-order valence-electron chi connectivity index (χ0n) is 8.99. The average molecular weight is 265 g/mol. The van der Waals surface area contributed by atoms with Crippen LogP contribution in [0.3, 0.4) is 0 Å². The number of anilines is 1. The number of rotatable bonds is 2. The summed E-state index contributed by atoms with van der Waals surface area (Å²) in [5.74, 6) is 1.56. The van der Waals surface area contributed by atoms with Gasteiger partial charge in [-0.05, 0) is 23.6 Å². The molecule has 4 nitrogen and oxygen atoms in total. The van der Waals surface area contributed by atoms with Gasteiger partial charge in [0.25, 0.3) is 0 Å². The van der Waals surface area contributed by atoms with E-state index in [0.29, 0.717) is 10.7 Å². The maximum absolute atomic E-state index is 6.08. The molecule has 0 aliphatic carbocycles. The van der Waals surface area contributed by atoms with Crippen LogP contribution in [0.25, 0.3) is 21.9 Å². The van der Waals surface area contributed by atoms with Crippen LogP contribution in [0.2, 0.25) is 5.02 Å². The number of fused-ring (bicyclic) bond motifs is 1. The molecule has 17 heavy (non-hydrogen) atoms. The second-order valence-corrected chi connectivity index (χ2v) is 4.82. The summed E-state index contributed by atoms with van der Waals surface area (Å²) in [7, 11) is 1.83. The molecular formula is C11H9ClN4S. The van der Waals surface area contributed by atoms with Crippen molar-refractivity contribution in [3.8, 4) is 10.7 Å². The Labute approximate surface area is 107 Å². The number of aromatic nitrogens is 3. The third-order valence-corrected chi connectivity index (χ3v) is 3.78. The van der Waals surface area contributed by atoms with Gasteiger partial charge in [-0.2, -0.15) is 0 Å². The highest BCUT2D eigenvalue weighted by Gasteiger charge is 2.11. The normalized spacial score (nSPS) is 10.9. The standard InChI is InChI=1S/C11H9ClN4S/c1-13-8-3-2-7-10(15-8)16-11(14-7)9-6(12)4-5-17-9/h2-5H,1H3,(H2,13,14,15,16). The third-order valence-electron chi connectivity index (χ3n) is 2.43. The number of aromatic amines is 1. The van der Waals surface area contributed by atoms with Crippen LogP contribution >= 0.6 is 22.9 Å². The minimum absolute atomic E-state index is 0.691. The van der Waals surface area contributed by atoms with E-state index in [1.165, 1.54) is 0 Å². The van der Waals surface area contributed by atoms with Crippen molar-refractivity contribution in [2.45, 2.75) is 0 Å². The van der Waals surface area contributed by atoms with E-state index in [1.807, 2.05) is 30.6 Å². The van der Waals surface area contributed by atoms with Gasteiger partial charge in [-0.3, -0.25) is 0 Å². The van der Waals surface area contributed by atoms with E-state index in [4.69, 9.17) is 11.6 Å². The number of nitrogens with zero attached hydrogens (tertiary/aromatic N) is 2. The molecule has 3 heterocycles. The molecule has 3 aromatic rings. The van der Waals surface area contributed by atoms with E-state index >= 15 is 0 Å². The van der Waals surface area contributed by atoms with Crippen molar-refractivity contribution >= 4 is 39.9 Å². The van der Waals surface area contributed by atoms with Gasteiger partial charge in [-0.25, -0.2) is 9.97 Å².